The highest BCUT2D eigenvalue weighted by molar-refractivity contribution is 7.14. The van der Waals surface area contributed by atoms with E-state index in [1.807, 2.05) is 34.3 Å². The Hall–Kier alpha value is -1.97. The summed E-state index contributed by atoms with van der Waals surface area (Å²) in [5.41, 5.74) is 1.86. The highest BCUT2D eigenvalue weighted by Gasteiger charge is 2.17. The third-order valence-corrected chi connectivity index (χ3v) is 5.46. The maximum absolute atomic E-state index is 6.34. The lowest BCUT2D eigenvalue weighted by molar-refractivity contribution is 0.0282. The fourth-order valence-corrected chi connectivity index (χ4v) is 3.76. The van der Waals surface area contributed by atoms with E-state index in [1.165, 1.54) is 17.7 Å². The number of nitrogens with zero attached hydrogens (tertiary/aromatic N) is 5. The topological polar surface area (TPSA) is 81.5 Å². The number of hydrogen-bond acceptors (Lipinski definition) is 6. The number of halogens is 3. The Morgan fingerprint density at radius 3 is 2.68 bits per heavy atom. The van der Waals surface area contributed by atoms with Gasteiger partial charge >= 0.3 is 0 Å². The van der Waals surface area contributed by atoms with Crippen molar-refractivity contribution in [1.82, 2.24) is 30.2 Å². The van der Waals surface area contributed by atoms with Crippen LogP contribution in [0.5, 0.6) is 0 Å². The van der Waals surface area contributed by atoms with Crippen LogP contribution in [0.3, 0.4) is 0 Å². The quantitative estimate of drug-likeness (QED) is 0.437. The van der Waals surface area contributed by atoms with Crippen molar-refractivity contribution in [2.24, 2.45) is 0 Å². The van der Waals surface area contributed by atoms with Gasteiger partial charge < -0.3 is 9.30 Å². The molecule has 3 aromatic heterocycles. The van der Waals surface area contributed by atoms with Crippen LogP contribution in [0.15, 0.2) is 54.7 Å². The number of thiophene rings is 1. The van der Waals surface area contributed by atoms with Crippen LogP contribution >= 0.6 is 46.1 Å². The smallest absolute Gasteiger partial charge is 0.161 e. The number of tetrazole rings is 1. The van der Waals surface area contributed by atoms with Gasteiger partial charge in [-0.05, 0) is 23.6 Å². The molecular formula is C17H15Cl3N6OS. The Morgan fingerprint density at radius 2 is 2.11 bits per heavy atom. The van der Waals surface area contributed by atoms with E-state index >= 15 is 0 Å². The lowest BCUT2D eigenvalue weighted by Crippen LogP contribution is -2.12. The van der Waals surface area contributed by atoms with E-state index in [9.17, 15) is 0 Å². The van der Waals surface area contributed by atoms with E-state index in [0.29, 0.717) is 23.2 Å². The summed E-state index contributed by atoms with van der Waals surface area (Å²) in [4.78, 5) is 4.06. The summed E-state index contributed by atoms with van der Waals surface area (Å²) in [5.74, 6) is 0. The third kappa shape index (κ3) is 6.02. The van der Waals surface area contributed by atoms with Crippen LogP contribution in [-0.2, 0) is 17.9 Å². The first-order valence-electron chi connectivity index (χ1n) is 8.04. The lowest BCUT2D eigenvalue weighted by Gasteiger charge is -2.20. The molecule has 0 aliphatic carbocycles. The maximum Gasteiger partial charge on any atom is 0.161 e. The molecule has 1 aromatic carbocycles. The van der Waals surface area contributed by atoms with Gasteiger partial charge in [-0.25, -0.2) is 4.98 Å². The average Bonchev–Trinajstić information content (AvgIpc) is 3.44. The zero-order chi connectivity index (χ0) is 19.8. The van der Waals surface area contributed by atoms with Gasteiger partial charge in [-0.1, -0.05) is 46.1 Å². The van der Waals surface area contributed by atoms with Crippen LogP contribution in [0.25, 0.3) is 0 Å². The molecule has 4 rings (SSSR count). The molecule has 146 valence electrons. The molecule has 1 N–H and O–H groups in total. The Labute approximate surface area is 180 Å². The van der Waals surface area contributed by atoms with Crippen molar-refractivity contribution >= 4 is 46.1 Å². The molecule has 0 fully saturated rings. The molecule has 28 heavy (non-hydrogen) atoms. The second-order valence-electron chi connectivity index (χ2n) is 5.50. The fourth-order valence-electron chi connectivity index (χ4n) is 2.33. The van der Waals surface area contributed by atoms with Gasteiger partial charge in [0.1, 0.15) is 6.10 Å². The molecule has 1 unspecified atom stereocenters. The van der Waals surface area contributed by atoms with Gasteiger partial charge in [0.15, 0.2) is 6.33 Å². The first-order chi connectivity index (χ1) is 13.6. The van der Waals surface area contributed by atoms with E-state index in [-0.39, 0.29) is 6.10 Å². The molecule has 3 heterocycles. The van der Waals surface area contributed by atoms with Gasteiger partial charge in [-0.15, -0.1) is 21.5 Å². The molecule has 0 saturated carbocycles. The minimum atomic E-state index is -0.232. The summed E-state index contributed by atoms with van der Waals surface area (Å²) in [5, 5.41) is 15.3. The van der Waals surface area contributed by atoms with E-state index in [4.69, 9.17) is 39.5 Å². The van der Waals surface area contributed by atoms with Gasteiger partial charge in [0.2, 0.25) is 0 Å². The molecule has 0 aliphatic heterocycles. The monoisotopic (exact) mass is 456 g/mol. The van der Waals surface area contributed by atoms with Crippen molar-refractivity contribution < 1.29 is 4.74 Å². The Morgan fingerprint density at radius 1 is 1.21 bits per heavy atom. The van der Waals surface area contributed by atoms with Crippen molar-refractivity contribution in [3.63, 3.8) is 0 Å². The molecule has 0 saturated heterocycles. The van der Waals surface area contributed by atoms with Crippen molar-refractivity contribution in [3.05, 3.63) is 80.2 Å². The predicted octanol–water partition coefficient (Wildman–Crippen LogP) is 5.06. The number of ether oxygens (including phenoxy) is 1. The lowest BCUT2D eigenvalue weighted by atomic mass is 10.1. The molecule has 1 atom stereocenters. The number of aromatic nitrogens is 6. The first kappa shape index (κ1) is 20.8. The van der Waals surface area contributed by atoms with Gasteiger partial charge in [0.05, 0.1) is 23.8 Å². The van der Waals surface area contributed by atoms with Crippen molar-refractivity contribution in [3.8, 4) is 0 Å². The number of H-pyrrole nitrogens is 1. The standard InChI is InChI=1S/C16H13Cl3N2OS.CH2N4/c17-12-1-2-13(14(18)7-12)15(8-21-5-4-20-10-21)22-9-11-3-6-23-16(11)19;1-2-4-5-3-1/h1-7,10,15H,8-9H2;1H,(H,2,3,4,5). The van der Waals surface area contributed by atoms with E-state index in [0.717, 1.165) is 15.5 Å². The molecular weight excluding hydrogens is 443 g/mol. The molecule has 7 nitrogen and oxygen atoms in total. The number of imidazole rings is 1. The van der Waals surface area contributed by atoms with Crippen LogP contribution in [0.1, 0.15) is 17.2 Å². The Bertz CT molecular complexity index is 944. The highest BCUT2D eigenvalue weighted by Crippen LogP contribution is 2.32. The van der Waals surface area contributed by atoms with Crippen molar-refractivity contribution in [2.45, 2.75) is 19.3 Å². The number of benzene rings is 1. The van der Waals surface area contributed by atoms with Crippen molar-refractivity contribution in [2.75, 3.05) is 0 Å². The largest absolute Gasteiger partial charge is 0.367 e. The molecule has 0 radical (unpaired) electrons. The Balaban J connectivity index is 0.000000391. The molecule has 4 aromatic rings. The minimum Gasteiger partial charge on any atom is -0.367 e. The number of nitrogens with one attached hydrogen (secondary N) is 1. The summed E-state index contributed by atoms with van der Waals surface area (Å²) >= 11 is 20.0. The van der Waals surface area contributed by atoms with Crippen LogP contribution in [0, 0.1) is 0 Å². The van der Waals surface area contributed by atoms with Gasteiger partial charge in [0.25, 0.3) is 0 Å². The SMILES string of the molecule is Clc1ccc(C(Cn2ccnc2)OCc2ccsc2Cl)c(Cl)c1.c1nn[nH]n1. The summed E-state index contributed by atoms with van der Waals surface area (Å²) < 4.78 is 8.79. The summed E-state index contributed by atoms with van der Waals surface area (Å²) in [6.45, 7) is 1.02. The van der Waals surface area contributed by atoms with Crippen LogP contribution in [0.4, 0.5) is 0 Å². The third-order valence-electron chi connectivity index (χ3n) is 3.65. The molecule has 0 spiro atoms. The van der Waals surface area contributed by atoms with Crippen LogP contribution < -0.4 is 0 Å². The summed E-state index contributed by atoms with van der Waals surface area (Å²) in [6.07, 6.45) is 6.47. The molecule has 0 amide bonds. The van der Waals surface area contributed by atoms with Crippen molar-refractivity contribution in [1.29, 1.82) is 0 Å². The summed E-state index contributed by atoms with van der Waals surface area (Å²) in [6, 6.07) is 7.39. The first-order valence-corrected chi connectivity index (χ1v) is 10.1. The van der Waals surface area contributed by atoms with E-state index < -0.39 is 0 Å². The number of aromatic amines is 1. The van der Waals surface area contributed by atoms with Crippen LogP contribution in [-0.4, -0.2) is 30.2 Å². The predicted molar refractivity (Wildman–Crippen MR) is 110 cm³/mol. The average molecular weight is 458 g/mol. The molecule has 0 aliphatic rings. The van der Waals surface area contributed by atoms with Gasteiger partial charge in [-0.2, -0.15) is 5.21 Å². The highest BCUT2D eigenvalue weighted by atomic mass is 35.5. The van der Waals surface area contributed by atoms with Crippen LogP contribution in [0.2, 0.25) is 14.4 Å². The summed E-state index contributed by atoms with van der Waals surface area (Å²) in [7, 11) is 0. The second-order valence-corrected chi connectivity index (χ2v) is 7.87. The molecule has 0 bridgehead atoms. The van der Waals surface area contributed by atoms with Gasteiger partial charge in [0, 0.05) is 33.6 Å². The normalized spacial score (nSPS) is 11.7. The fraction of sp³-hybridized carbons (Fsp3) is 0.176. The maximum atomic E-state index is 6.34. The zero-order valence-electron chi connectivity index (χ0n) is 14.4. The van der Waals surface area contributed by atoms with Gasteiger partial charge in [-0.3, -0.25) is 0 Å². The zero-order valence-corrected chi connectivity index (χ0v) is 17.5. The minimum absolute atomic E-state index is 0.232. The number of hydrogen-bond donors (Lipinski definition) is 1. The van der Waals surface area contributed by atoms with E-state index in [2.05, 4.69) is 25.6 Å². The molecule has 11 heteroatoms. The Kier molecular flexibility index (Phi) is 7.81. The number of rotatable bonds is 6. The van der Waals surface area contributed by atoms with E-state index in [1.54, 1.807) is 18.6 Å². The second kappa shape index (κ2) is 10.5.